The molecule has 0 saturated carbocycles. The van der Waals surface area contributed by atoms with E-state index >= 15 is 0 Å². The van der Waals surface area contributed by atoms with Crippen molar-refractivity contribution in [1.29, 1.82) is 0 Å². The van der Waals surface area contributed by atoms with E-state index in [-0.39, 0.29) is 11.8 Å². The van der Waals surface area contributed by atoms with Crippen molar-refractivity contribution in [2.75, 3.05) is 11.9 Å². The minimum Gasteiger partial charge on any atom is -0.326 e. The third kappa shape index (κ3) is 3.39. The minimum atomic E-state index is -0.409. The molecule has 3 rings (SSSR count). The predicted molar refractivity (Wildman–Crippen MR) is 101 cm³/mol. The predicted octanol–water partition coefficient (Wildman–Crippen LogP) is 4.37. The average molecular weight is 407 g/mol. The van der Waals surface area contributed by atoms with Gasteiger partial charge in [-0.2, -0.15) is 0 Å². The number of carbonyl (C=O) groups excluding carboxylic acids is 2. The van der Waals surface area contributed by atoms with Crippen LogP contribution in [0.15, 0.2) is 34.1 Å². The van der Waals surface area contributed by atoms with Gasteiger partial charge in [-0.25, -0.2) is 0 Å². The highest BCUT2D eigenvalue weighted by Gasteiger charge is 2.35. The van der Waals surface area contributed by atoms with Crippen LogP contribution >= 0.6 is 27.3 Å². The highest BCUT2D eigenvalue weighted by atomic mass is 79.9. The zero-order chi connectivity index (χ0) is 17.3. The van der Waals surface area contributed by atoms with Gasteiger partial charge < -0.3 is 10.2 Å². The van der Waals surface area contributed by atoms with Crippen LogP contribution in [0.3, 0.4) is 0 Å². The fraction of sp³-hybridized carbons (Fsp3) is 0.333. The van der Waals surface area contributed by atoms with Gasteiger partial charge in [0.1, 0.15) is 6.04 Å². The number of benzene rings is 1. The Bertz CT molecular complexity index is 774. The molecule has 1 aliphatic heterocycles. The molecule has 2 aromatic rings. The Kier molecular flexibility index (Phi) is 5.06. The Morgan fingerprint density at radius 2 is 2.04 bits per heavy atom. The van der Waals surface area contributed by atoms with Gasteiger partial charge in [0, 0.05) is 11.0 Å². The van der Waals surface area contributed by atoms with Crippen molar-refractivity contribution in [1.82, 2.24) is 4.90 Å². The van der Waals surface area contributed by atoms with Crippen molar-refractivity contribution in [3.63, 3.8) is 0 Å². The van der Waals surface area contributed by atoms with E-state index in [0.29, 0.717) is 17.8 Å². The van der Waals surface area contributed by atoms with Crippen molar-refractivity contribution >= 4 is 44.8 Å². The summed E-state index contributed by atoms with van der Waals surface area (Å²) in [5.74, 6) is -0.178. The van der Waals surface area contributed by atoms with Gasteiger partial charge in [-0.3, -0.25) is 9.59 Å². The number of rotatable bonds is 3. The zero-order valence-electron chi connectivity index (χ0n) is 13.6. The summed E-state index contributed by atoms with van der Waals surface area (Å²) in [6, 6.07) is 7.20. The van der Waals surface area contributed by atoms with Crippen LogP contribution < -0.4 is 5.32 Å². The van der Waals surface area contributed by atoms with Crippen molar-refractivity contribution in [3.8, 4) is 0 Å². The first-order valence-corrected chi connectivity index (χ1v) is 9.56. The van der Waals surface area contributed by atoms with Gasteiger partial charge in [-0.05, 0) is 77.3 Å². The van der Waals surface area contributed by atoms with Crippen molar-refractivity contribution in [3.05, 3.63) is 50.1 Å². The molecule has 0 bridgehead atoms. The first kappa shape index (κ1) is 17.2. The fourth-order valence-electron chi connectivity index (χ4n) is 2.92. The third-order valence-electron chi connectivity index (χ3n) is 4.39. The second-order valence-electron chi connectivity index (χ2n) is 6.04. The SMILES string of the molecule is Cc1cc(Br)c(NC(=O)[C@H]2CCCN2C(=O)c2cccs2)cc1C. The molecule has 126 valence electrons. The summed E-state index contributed by atoms with van der Waals surface area (Å²) in [6.45, 7) is 4.67. The maximum atomic E-state index is 12.7. The maximum absolute atomic E-state index is 12.7. The van der Waals surface area contributed by atoms with Crippen LogP contribution in [0, 0.1) is 13.8 Å². The number of aryl methyl sites for hydroxylation is 2. The summed E-state index contributed by atoms with van der Waals surface area (Å²) in [5, 5.41) is 4.85. The first-order valence-electron chi connectivity index (χ1n) is 7.89. The highest BCUT2D eigenvalue weighted by Crippen LogP contribution is 2.28. The third-order valence-corrected chi connectivity index (χ3v) is 5.90. The maximum Gasteiger partial charge on any atom is 0.264 e. The Labute approximate surface area is 154 Å². The minimum absolute atomic E-state index is 0.0539. The van der Waals surface area contributed by atoms with Gasteiger partial charge in [-0.15, -0.1) is 11.3 Å². The zero-order valence-corrected chi connectivity index (χ0v) is 16.0. The van der Waals surface area contributed by atoms with Crippen LogP contribution in [0.2, 0.25) is 0 Å². The number of hydrogen-bond acceptors (Lipinski definition) is 3. The number of likely N-dealkylation sites (tertiary alicyclic amines) is 1. The van der Waals surface area contributed by atoms with Crippen molar-refractivity contribution in [2.45, 2.75) is 32.7 Å². The van der Waals surface area contributed by atoms with Gasteiger partial charge in [0.25, 0.3) is 5.91 Å². The molecule has 1 aromatic carbocycles. The summed E-state index contributed by atoms with van der Waals surface area (Å²) >= 11 is 4.91. The summed E-state index contributed by atoms with van der Waals surface area (Å²) < 4.78 is 0.855. The standard InChI is InChI=1S/C18H19BrN2O2S/c1-11-9-13(19)14(10-12(11)2)20-17(22)15-5-3-7-21(15)18(23)16-6-4-8-24-16/h4,6,8-10,15H,3,5,7H2,1-2H3,(H,20,22)/t15-/m1/s1. The van der Waals surface area contributed by atoms with E-state index in [1.54, 1.807) is 11.0 Å². The van der Waals surface area contributed by atoms with Gasteiger partial charge in [0.15, 0.2) is 0 Å². The average Bonchev–Trinajstić information content (AvgIpc) is 3.23. The number of nitrogens with zero attached hydrogens (tertiary/aromatic N) is 1. The number of halogens is 1. The molecule has 0 radical (unpaired) electrons. The fourth-order valence-corrected chi connectivity index (χ4v) is 4.15. The lowest BCUT2D eigenvalue weighted by molar-refractivity contribution is -0.119. The topological polar surface area (TPSA) is 49.4 Å². The summed E-state index contributed by atoms with van der Waals surface area (Å²) in [6.07, 6.45) is 1.55. The normalized spacial score (nSPS) is 17.1. The lowest BCUT2D eigenvalue weighted by atomic mass is 10.1. The molecule has 4 nitrogen and oxygen atoms in total. The van der Waals surface area contributed by atoms with Crippen molar-refractivity contribution in [2.24, 2.45) is 0 Å². The Balaban J connectivity index is 1.77. The summed E-state index contributed by atoms with van der Waals surface area (Å²) in [5.41, 5.74) is 3.03. The Morgan fingerprint density at radius 3 is 2.75 bits per heavy atom. The molecular weight excluding hydrogens is 388 g/mol. The lowest BCUT2D eigenvalue weighted by Gasteiger charge is -2.24. The summed E-state index contributed by atoms with van der Waals surface area (Å²) in [7, 11) is 0. The van der Waals surface area contributed by atoms with Crippen LogP contribution in [-0.2, 0) is 4.79 Å². The molecule has 1 fully saturated rings. The van der Waals surface area contributed by atoms with E-state index in [4.69, 9.17) is 0 Å². The van der Waals surface area contributed by atoms with E-state index in [0.717, 1.165) is 27.7 Å². The van der Waals surface area contributed by atoms with E-state index in [9.17, 15) is 9.59 Å². The Morgan fingerprint density at radius 1 is 1.29 bits per heavy atom. The van der Waals surface area contributed by atoms with E-state index in [1.165, 1.54) is 11.3 Å². The van der Waals surface area contributed by atoms with Crippen LogP contribution in [0.5, 0.6) is 0 Å². The molecule has 2 heterocycles. The smallest absolute Gasteiger partial charge is 0.264 e. The van der Waals surface area contributed by atoms with Crippen LogP contribution in [-0.4, -0.2) is 29.3 Å². The number of anilines is 1. The molecular formula is C18H19BrN2O2S. The van der Waals surface area contributed by atoms with E-state index in [2.05, 4.69) is 21.2 Å². The van der Waals surface area contributed by atoms with Crippen LogP contribution in [0.1, 0.15) is 33.6 Å². The van der Waals surface area contributed by atoms with E-state index < -0.39 is 6.04 Å². The quantitative estimate of drug-likeness (QED) is 0.822. The molecule has 6 heteroatoms. The molecule has 0 unspecified atom stereocenters. The van der Waals surface area contributed by atoms with Gasteiger partial charge >= 0.3 is 0 Å². The molecule has 2 amide bonds. The number of amides is 2. The van der Waals surface area contributed by atoms with Gasteiger partial charge in [0.05, 0.1) is 10.6 Å². The number of nitrogens with one attached hydrogen (secondary N) is 1. The highest BCUT2D eigenvalue weighted by molar-refractivity contribution is 9.10. The molecule has 1 aromatic heterocycles. The monoisotopic (exact) mass is 406 g/mol. The number of hydrogen-bond donors (Lipinski definition) is 1. The number of carbonyl (C=O) groups is 2. The molecule has 1 saturated heterocycles. The van der Waals surface area contributed by atoms with Crippen LogP contribution in [0.4, 0.5) is 5.69 Å². The van der Waals surface area contributed by atoms with Crippen molar-refractivity contribution < 1.29 is 9.59 Å². The molecule has 0 aliphatic carbocycles. The second-order valence-corrected chi connectivity index (χ2v) is 7.84. The molecule has 1 atom stereocenters. The second kappa shape index (κ2) is 7.07. The molecule has 24 heavy (non-hydrogen) atoms. The van der Waals surface area contributed by atoms with E-state index in [1.807, 2.05) is 37.4 Å². The number of thiophene rings is 1. The lowest BCUT2D eigenvalue weighted by Crippen LogP contribution is -2.43. The molecule has 1 aliphatic rings. The molecule has 1 N–H and O–H groups in total. The Hall–Kier alpha value is -1.66. The van der Waals surface area contributed by atoms with Crippen LogP contribution in [0.25, 0.3) is 0 Å². The molecule has 0 spiro atoms. The largest absolute Gasteiger partial charge is 0.326 e. The van der Waals surface area contributed by atoms with Gasteiger partial charge in [-0.1, -0.05) is 6.07 Å². The summed E-state index contributed by atoms with van der Waals surface area (Å²) in [4.78, 5) is 27.7. The van der Waals surface area contributed by atoms with Gasteiger partial charge in [0.2, 0.25) is 5.91 Å². The first-order chi connectivity index (χ1) is 11.5.